The molecule has 28 heavy (non-hydrogen) atoms. The Morgan fingerprint density at radius 1 is 1.18 bits per heavy atom. The van der Waals surface area contributed by atoms with Gasteiger partial charge in [0.15, 0.2) is 17.1 Å². The zero-order valence-corrected chi connectivity index (χ0v) is 15.2. The molecule has 4 aromatic rings. The maximum atomic E-state index is 11.8. The fraction of sp³-hybridized carbons (Fsp3) is 0.263. The smallest absolute Gasteiger partial charge is 0.358 e. The lowest BCUT2D eigenvalue weighted by Crippen LogP contribution is -2.36. The number of ether oxygens (including phenoxy) is 2. The molecule has 0 unspecified atom stereocenters. The van der Waals surface area contributed by atoms with E-state index in [-0.39, 0.29) is 5.69 Å². The van der Waals surface area contributed by atoms with Gasteiger partial charge in [-0.1, -0.05) is 0 Å². The van der Waals surface area contributed by atoms with Gasteiger partial charge in [-0.25, -0.2) is 19.3 Å². The van der Waals surface area contributed by atoms with Crippen molar-refractivity contribution in [2.75, 3.05) is 38.3 Å². The number of nitrogens with zero attached hydrogens (tertiary/aromatic N) is 5. The van der Waals surface area contributed by atoms with Crippen LogP contribution in [0.3, 0.4) is 0 Å². The Morgan fingerprint density at radius 3 is 2.86 bits per heavy atom. The monoisotopic (exact) mass is 379 g/mol. The van der Waals surface area contributed by atoms with Crippen LogP contribution in [0.4, 0.5) is 5.82 Å². The topological polar surface area (TPSA) is 95.0 Å². The molecule has 0 radical (unpaired) electrons. The van der Waals surface area contributed by atoms with Crippen LogP contribution in [0.15, 0.2) is 41.1 Å². The highest BCUT2D eigenvalue weighted by atomic mass is 16.5. The van der Waals surface area contributed by atoms with Crippen molar-refractivity contribution in [3.05, 3.63) is 42.4 Å². The molecule has 1 aliphatic heterocycles. The van der Waals surface area contributed by atoms with Crippen LogP contribution in [0.5, 0.6) is 0 Å². The van der Waals surface area contributed by atoms with E-state index in [1.807, 2.05) is 12.1 Å². The van der Waals surface area contributed by atoms with E-state index in [1.165, 1.54) is 7.11 Å². The Morgan fingerprint density at radius 2 is 2.04 bits per heavy atom. The maximum Gasteiger partial charge on any atom is 0.358 e. The highest BCUT2D eigenvalue weighted by Gasteiger charge is 2.20. The van der Waals surface area contributed by atoms with E-state index in [0.29, 0.717) is 30.3 Å². The number of rotatable bonds is 3. The SMILES string of the molecule is COC(=O)c1ccc2ncc(-c3cc4c(N5CCOCC5)nccc4o3)n2n1. The molecule has 0 spiro atoms. The van der Waals surface area contributed by atoms with E-state index in [9.17, 15) is 4.79 Å². The van der Waals surface area contributed by atoms with Gasteiger partial charge in [0.25, 0.3) is 0 Å². The van der Waals surface area contributed by atoms with E-state index < -0.39 is 5.97 Å². The number of carbonyl (C=O) groups excluding carboxylic acids is 1. The minimum Gasteiger partial charge on any atom is -0.464 e. The summed E-state index contributed by atoms with van der Waals surface area (Å²) in [5.41, 5.74) is 2.17. The van der Waals surface area contributed by atoms with Crippen molar-refractivity contribution in [3.8, 4) is 11.5 Å². The van der Waals surface area contributed by atoms with E-state index in [0.717, 1.165) is 29.9 Å². The summed E-state index contributed by atoms with van der Waals surface area (Å²) in [4.78, 5) is 22.9. The minimum atomic E-state index is -0.509. The number of imidazole rings is 1. The van der Waals surface area contributed by atoms with Crippen LogP contribution in [0.1, 0.15) is 10.5 Å². The summed E-state index contributed by atoms with van der Waals surface area (Å²) < 4.78 is 17.8. The predicted octanol–water partition coefficient (Wildman–Crippen LogP) is 2.16. The number of methoxy groups -OCH3 is 1. The molecule has 1 aliphatic rings. The fourth-order valence-electron chi connectivity index (χ4n) is 3.36. The second-order valence-electron chi connectivity index (χ2n) is 6.38. The predicted molar refractivity (Wildman–Crippen MR) is 100 cm³/mol. The zero-order valence-electron chi connectivity index (χ0n) is 15.2. The molecule has 0 atom stereocenters. The molecule has 1 fully saturated rings. The van der Waals surface area contributed by atoms with E-state index in [2.05, 4.69) is 20.0 Å². The summed E-state index contributed by atoms with van der Waals surface area (Å²) in [6.45, 7) is 2.92. The first-order valence-electron chi connectivity index (χ1n) is 8.89. The van der Waals surface area contributed by atoms with Crippen LogP contribution < -0.4 is 4.90 Å². The van der Waals surface area contributed by atoms with Gasteiger partial charge in [-0.3, -0.25) is 0 Å². The molecular weight excluding hydrogens is 362 g/mol. The third-order valence-electron chi connectivity index (χ3n) is 4.74. The Labute approximate surface area is 159 Å². The van der Waals surface area contributed by atoms with Crippen LogP contribution >= 0.6 is 0 Å². The van der Waals surface area contributed by atoms with Crippen molar-refractivity contribution in [1.29, 1.82) is 0 Å². The molecule has 5 rings (SSSR count). The number of carbonyl (C=O) groups is 1. The number of hydrogen-bond donors (Lipinski definition) is 0. The minimum absolute atomic E-state index is 0.195. The van der Waals surface area contributed by atoms with Gasteiger partial charge in [0.2, 0.25) is 0 Å². The summed E-state index contributed by atoms with van der Waals surface area (Å²) in [6.07, 6.45) is 3.41. The highest BCUT2D eigenvalue weighted by molar-refractivity contribution is 5.92. The number of pyridine rings is 1. The van der Waals surface area contributed by atoms with Crippen molar-refractivity contribution in [1.82, 2.24) is 19.6 Å². The second kappa shape index (κ2) is 6.61. The number of esters is 1. The molecule has 5 heterocycles. The lowest BCUT2D eigenvalue weighted by atomic mass is 10.2. The number of anilines is 1. The van der Waals surface area contributed by atoms with Crippen LogP contribution in [0.25, 0.3) is 28.1 Å². The molecule has 142 valence electrons. The standard InChI is InChI=1S/C19H17N5O4/c1-26-19(25)13-2-3-17-21-11-14(24(17)22-13)16-10-12-15(28-16)4-5-20-18(12)23-6-8-27-9-7-23/h2-5,10-11H,6-9H2,1H3. The number of furan rings is 1. The van der Waals surface area contributed by atoms with Gasteiger partial charge < -0.3 is 18.8 Å². The van der Waals surface area contributed by atoms with Gasteiger partial charge in [0, 0.05) is 19.3 Å². The van der Waals surface area contributed by atoms with E-state index in [4.69, 9.17) is 13.9 Å². The molecule has 0 amide bonds. The van der Waals surface area contributed by atoms with Gasteiger partial charge in [-0.2, -0.15) is 5.10 Å². The van der Waals surface area contributed by atoms with Crippen molar-refractivity contribution >= 4 is 28.4 Å². The highest BCUT2D eigenvalue weighted by Crippen LogP contribution is 2.33. The number of fused-ring (bicyclic) bond motifs is 2. The van der Waals surface area contributed by atoms with Crippen molar-refractivity contribution in [2.24, 2.45) is 0 Å². The van der Waals surface area contributed by atoms with Crippen LogP contribution in [0.2, 0.25) is 0 Å². The number of aromatic nitrogens is 4. The summed E-state index contributed by atoms with van der Waals surface area (Å²) in [7, 11) is 1.32. The second-order valence-corrected chi connectivity index (χ2v) is 6.38. The normalized spacial score (nSPS) is 14.7. The number of morpholine rings is 1. The molecule has 0 N–H and O–H groups in total. The average molecular weight is 379 g/mol. The van der Waals surface area contributed by atoms with Gasteiger partial charge in [-0.15, -0.1) is 0 Å². The fourth-order valence-corrected chi connectivity index (χ4v) is 3.36. The Hall–Kier alpha value is -3.46. The summed E-state index contributed by atoms with van der Waals surface area (Å²) in [5.74, 6) is 0.956. The van der Waals surface area contributed by atoms with Gasteiger partial charge in [-0.05, 0) is 24.3 Å². The van der Waals surface area contributed by atoms with Crippen molar-refractivity contribution < 1.29 is 18.7 Å². The molecular formula is C19H17N5O4. The van der Waals surface area contributed by atoms with Crippen molar-refractivity contribution in [2.45, 2.75) is 0 Å². The van der Waals surface area contributed by atoms with E-state index in [1.54, 1.807) is 29.0 Å². The quantitative estimate of drug-likeness (QED) is 0.500. The Kier molecular flexibility index (Phi) is 3.94. The summed E-state index contributed by atoms with van der Waals surface area (Å²) in [5, 5.41) is 5.26. The van der Waals surface area contributed by atoms with Crippen molar-refractivity contribution in [3.63, 3.8) is 0 Å². The first-order chi connectivity index (χ1) is 13.7. The lowest BCUT2D eigenvalue weighted by molar-refractivity contribution is 0.0592. The molecule has 0 aliphatic carbocycles. The molecule has 9 heteroatoms. The molecule has 0 aromatic carbocycles. The van der Waals surface area contributed by atoms with E-state index >= 15 is 0 Å². The third kappa shape index (κ3) is 2.67. The largest absolute Gasteiger partial charge is 0.464 e. The summed E-state index contributed by atoms with van der Waals surface area (Å²) >= 11 is 0. The van der Waals surface area contributed by atoms with Gasteiger partial charge in [0.1, 0.15) is 17.1 Å². The van der Waals surface area contributed by atoms with Crippen LogP contribution in [-0.2, 0) is 9.47 Å². The summed E-state index contributed by atoms with van der Waals surface area (Å²) in [6, 6.07) is 7.06. The molecule has 9 nitrogen and oxygen atoms in total. The van der Waals surface area contributed by atoms with Crippen LogP contribution in [-0.4, -0.2) is 59.0 Å². The third-order valence-corrected chi connectivity index (χ3v) is 4.74. The first kappa shape index (κ1) is 16.7. The lowest BCUT2D eigenvalue weighted by Gasteiger charge is -2.28. The molecule has 0 bridgehead atoms. The first-order valence-corrected chi connectivity index (χ1v) is 8.89. The molecule has 0 saturated carbocycles. The molecule has 1 saturated heterocycles. The molecule has 4 aromatic heterocycles. The average Bonchev–Trinajstić information content (AvgIpc) is 3.36. The van der Waals surface area contributed by atoms with Gasteiger partial charge in [0.05, 0.1) is 31.9 Å². The Balaban J connectivity index is 1.62. The maximum absolute atomic E-state index is 11.8. The van der Waals surface area contributed by atoms with Crippen LogP contribution in [0, 0.1) is 0 Å². The van der Waals surface area contributed by atoms with Gasteiger partial charge >= 0.3 is 5.97 Å². The number of hydrogen-bond acceptors (Lipinski definition) is 8. The Bertz CT molecular complexity index is 1180. The zero-order chi connectivity index (χ0) is 19.1.